The Labute approximate surface area is 110 Å². The fourth-order valence-electron chi connectivity index (χ4n) is 3.50. The quantitative estimate of drug-likeness (QED) is 0.821. The molecule has 2 nitrogen and oxygen atoms in total. The lowest BCUT2D eigenvalue weighted by atomic mass is 9.87. The van der Waals surface area contributed by atoms with Gasteiger partial charge in [-0.1, -0.05) is 12.2 Å². The van der Waals surface area contributed by atoms with Crippen LogP contribution in [0.25, 0.3) is 0 Å². The van der Waals surface area contributed by atoms with Gasteiger partial charge in [0.15, 0.2) is 0 Å². The molecule has 1 N–H and O–H groups in total. The van der Waals surface area contributed by atoms with Crippen LogP contribution in [0.3, 0.4) is 0 Å². The van der Waals surface area contributed by atoms with E-state index in [4.69, 9.17) is 0 Å². The van der Waals surface area contributed by atoms with Crippen LogP contribution in [0, 0.1) is 24.7 Å². The number of rotatable bonds is 4. The van der Waals surface area contributed by atoms with Crippen LogP contribution in [0.1, 0.15) is 30.9 Å². The normalized spacial score (nSPS) is 30.9. The zero-order valence-corrected chi connectivity index (χ0v) is 11.3. The van der Waals surface area contributed by atoms with Gasteiger partial charge >= 0.3 is 0 Å². The Kier molecular flexibility index (Phi) is 3.21. The van der Waals surface area contributed by atoms with Crippen molar-refractivity contribution in [2.24, 2.45) is 17.8 Å². The lowest BCUT2D eigenvalue weighted by Crippen LogP contribution is -2.35. The third-order valence-corrected chi connectivity index (χ3v) is 4.73. The minimum Gasteiger partial charge on any atom is -0.310 e. The maximum Gasteiger partial charge on any atom is 0.0315 e. The maximum absolute atomic E-state index is 4.21. The molecular formula is C16H22N2. The van der Waals surface area contributed by atoms with E-state index in [0.29, 0.717) is 6.04 Å². The van der Waals surface area contributed by atoms with E-state index in [2.05, 4.69) is 42.4 Å². The van der Waals surface area contributed by atoms with Crippen molar-refractivity contribution in [3.8, 4) is 0 Å². The Morgan fingerprint density at radius 2 is 2.28 bits per heavy atom. The molecule has 1 saturated carbocycles. The second-order valence-corrected chi connectivity index (χ2v) is 5.92. The van der Waals surface area contributed by atoms with Gasteiger partial charge in [0.25, 0.3) is 0 Å². The monoisotopic (exact) mass is 242 g/mol. The van der Waals surface area contributed by atoms with Crippen molar-refractivity contribution in [3.05, 3.63) is 41.7 Å². The first-order valence-electron chi connectivity index (χ1n) is 7.05. The molecule has 96 valence electrons. The van der Waals surface area contributed by atoms with E-state index >= 15 is 0 Å². The number of hydrogen-bond acceptors (Lipinski definition) is 2. The average Bonchev–Trinajstić information content (AvgIpc) is 2.99. The van der Waals surface area contributed by atoms with Crippen LogP contribution < -0.4 is 5.32 Å². The molecule has 1 heterocycles. The zero-order valence-electron chi connectivity index (χ0n) is 11.3. The summed E-state index contributed by atoms with van der Waals surface area (Å²) in [6.45, 7) is 5.44. The summed E-state index contributed by atoms with van der Waals surface area (Å²) < 4.78 is 0. The van der Waals surface area contributed by atoms with Gasteiger partial charge in [0.2, 0.25) is 0 Å². The Balaban J connectivity index is 1.57. The first kappa shape index (κ1) is 11.9. The van der Waals surface area contributed by atoms with Gasteiger partial charge < -0.3 is 5.32 Å². The van der Waals surface area contributed by atoms with Crippen molar-refractivity contribution in [1.82, 2.24) is 10.3 Å². The predicted octanol–water partition coefficient (Wildman–Crippen LogP) is 3.08. The lowest BCUT2D eigenvalue weighted by molar-refractivity contribution is 0.326. The molecule has 0 aliphatic heterocycles. The van der Waals surface area contributed by atoms with Crippen molar-refractivity contribution in [1.29, 1.82) is 0 Å². The van der Waals surface area contributed by atoms with Crippen LogP contribution in [0.2, 0.25) is 0 Å². The Morgan fingerprint density at radius 1 is 1.39 bits per heavy atom. The Bertz CT molecular complexity index is 452. The molecule has 4 atom stereocenters. The van der Waals surface area contributed by atoms with E-state index in [1.165, 1.54) is 24.0 Å². The van der Waals surface area contributed by atoms with E-state index in [-0.39, 0.29) is 0 Å². The topological polar surface area (TPSA) is 24.9 Å². The highest BCUT2D eigenvalue weighted by atomic mass is 14.9. The van der Waals surface area contributed by atoms with Gasteiger partial charge in [-0.2, -0.15) is 0 Å². The van der Waals surface area contributed by atoms with E-state index < -0.39 is 0 Å². The van der Waals surface area contributed by atoms with Gasteiger partial charge in [-0.25, -0.2) is 0 Å². The maximum atomic E-state index is 4.21. The van der Waals surface area contributed by atoms with E-state index in [9.17, 15) is 0 Å². The summed E-state index contributed by atoms with van der Waals surface area (Å²) in [5.41, 5.74) is 2.65. The fourth-order valence-corrected chi connectivity index (χ4v) is 3.50. The summed E-state index contributed by atoms with van der Waals surface area (Å²) in [5, 5.41) is 3.69. The number of hydrogen-bond donors (Lipinski definition) is 1. The highest BCUT2D eigenvalue weighted by molar-refractivity contribution is 5.21. The summed E-state index contributed by atoms with van der Waals surface area (Å²) in [4.78, 5) is 4.21. The number of nitrogens with zero attached hydrogens (tertiary/aromatic N) is 1. The first-order valence-corrected chi connectivity index (χ1v) is 7.05. The van der Waals surface area contributed by atoms with Crippen LogP contribution in [-0.2, 0) is 6.54 Å². The molecule has 4 unspecified atom stereocenters. The second-order valence-electron chi connectivity index (χ2n) is 5.92. The van der Waals surface area contributed by atoms with Gasteiger partial charge in [-0.3, -0.25) is 4.98 Å². The molecule has 18 heavy (non-hydrogen) atoms. The molecule has 1 aromatic rings. The molecule has 0 radical (unpaired) electrons. The molecule has 0 amide bonds. The molecule has 0 saturated heterocycles. The van der Waals surface area contributed by atoms with Gasteiger partial charge in [0, 0.05) is 25.0 Å². The van der Waals surface area contributed by atoms with Crippen molar-refractivity contribution in [2.45, 2.75) is 39.3 Å². The smallest absolute Gasteiger partial charge is 0.0315 e. The largest absolute Gasteiger partial charge is 0.310 e. The molecule has 1 fully saturated rings. The molecule has 1 aromatic heterocycles. The highest BCUT2D eigenvalue weighted by Crippen LogP contribution is 2.44. The summed E-state index contributed by atoms with van der Waals surface area (Å²) >= 11 is 0. The standard InChI is InChI=1S/C16H22N2/c1-11-5-6-17-9-15(11)10-18-12(2)16-8-13-3-4-14(16)7-13/h3-6,9,12-14,16,18H,7-8,10H2,1-2H3. The molecule has 2 heteroatoms. The number of aryl methyl sites for hydroxylation is 1. The first-order chi connectivity index (χ1) is 8.74. The van der Waals surface area contributed by atoms with E-state index in [1.54, 1.807) is 0 Å². The number of allylic oxidation sites excluding steroid dienone is 2. The van der Waals surface area contributed by atoms with Crippen LogP contribution in [0.5, 0.6) is 0 Å². The molecule has 2 aliphatic rings. The minimum absolute atomic E-state index is 0.601. The zero-order chi connectivity index (χ0) is 12.5. The Hall–Kier alpha value is -1.15. The lowest BCUT2D eigenvalue weighted by Gasteiger charge is -2.26. The van der Waals surface area contributed by atoms with Crippen molar-refractivity contribution in [3.63, 3.8) is 0 Å². The van der Waals surface area contributed by atoms with E-state index in [1.807, 2.05) is 12.4 Å². The number of pyridine rings is 1. The molecular weight excluding hydrogens is 220 g/mol. The molecule has 2 bridgehead atoms. The average molecular weight is 242 g/mol. The van der Waals surface area contributed by atoms with Gasteiger partial charge in [0.1, 0.15) is 0 Å². The highest BCUT2D eigenvalue weighted by Gasteiger charge is 2.38. The van der Waals surface area contributed by atoms with Crippen molar-refractivity contribution < 1.29 is 0 Å². The van der Waals surface area contributed by atoms with Gasteiger partial charge in [-0.05, 0) is 61.6 Å². The van der Waals surface area contributed by atoms with Crippen LogP contribution >= 0.6 is 0 Å². The molecule has 0 spiro atoms. The van der Waals surface area contributed by atoms with Crippen molar-refractivity contribution >= 4 is 0 Å². The van der Waals surface area contributed by atoms with Crippen LogP contribution in [-0.4, -0.2) is 11.0 Å². The third-order valence-electron chi connectivity index (χ3n) is 4.73. The van der Waals surface area contributed by atoms with Gasteiger partial charge in [-0.15, -0.1) is 0 Å². The Morgan fingerprint density at radius 3 is 2.94 bits per heavy atom. The van der Waals surface area contributed by atoms with Crippen LogP contribution in [0.4, 0.5) is 0 Å². The van der Waals surface area contributed by atoms with E-state index in [0.717, 1.165) is 24.3 Å². The van der Waals surface area contributed by atoms with Crippen molar-refractivity contribution in [2.75, 3.05) is 0 Å². The van der Waals surface area contributed by atoms with Gasteiger partial charge in [0.05, 0.1) is 0 Å². The number of aromatic nitrogens is 1. The number of fused-ring (bicyclic) bond motifs is 2. The molecule has 3 rings (SSSR count). The summed E-state index contributed by atoms with van der Waals surface area (Å²) in [6, 6.07) is 2.69. The SMILES string of the molecule is Cc1ccncc1CNC(C)C1CC2C=CC1C2. The summed E-state index contributed by atoms with van der Waals surface area (Å²) in [5.74, 6) is 2.52. The summed E-state index contributed by atoms with van der Waals surface area (Å²) in [6.07, 6.45) is 11.5. The molecule has 0 aromatic carbocycles. The minimum atomic E-state index is 0.601. The number of nitrogens with one attached hydrogen (secondary N) is 1. The molecule has 2 aliphatic carbocycles. The fraction of sp³-hybridized carbons (Fsp3) is 0.562. The predicted molar refractivity (Wildman–Crippen MR) is 74.1 cm³/mol. The second kappa shape index (κ2) is 4.85. The third kappa shape index (κ3) is 2.22. The van der Waals surface area contributed by atoms with Crippen LogP contribution in [0.15, 0.2) is 30.6 Å². The summed E-state index contributed by atoms with van der Waals surface area (Å²) in [7, 11) is 0.